The average Bonchev–Trinajstić information content (AvgIpc) is 2.60. The molecule has 2 aromatic rings. The molecule has 134 valence electrons. The van der Waals surface area contributed by atoms with E-state index in [1.165, 1.54) is 5.56 Å². The molecule has 1 heterocycles. The lowest BCUT2D eigenvalue weighted by Crippen LogP contribution is -2.30. The molecular formula is C19H24N2O3S. The first-order valence-electron chi connectivity index (χ1n) is 8.51. The lowest BCUT2D eigenvalue weighted by molar-refractivity contribution is 0.181. The zero-order chi connectivity index (χ0) is 18.0. The molecule has 3 N–H and O–H groups in total. The lowest BCUT2D eigenvalue weighted by atomic mass is 10.0. The van der Waals surface area contributed by atoms with E-state index in [9.17, 15) is 8.42 Å². The molecule has 0 bridgehead atoms. The van der Waals surface area contributed by atoms with Gasteiger partial charge in [0.1, 0.15) is 11.9 Å². The quantitative estimate of drug-likeness (QED) is 0.857. The molecule has 0 aromatic heterocycles. The molecule has 25 heavy (non-hydrogen) atoms. The summed E-state index contributed by atoms with van der Waals surface area (Å²) in [5.41, 5.74) is 8.28. The van der Waals surface area contributed by atoms with E-state index < -0.39 is 10.0 Å². The van der Waals surface area contributed by atoms with Crippen LogP contribution in [0.4, 0.5) is 5.69 Å². The van der Waals surface area contributed by atoms with E-state index in [2.05, 4.69) is 18.6 Å². The molecule has 1 unspecified atom stereocenters. The molecule has 2 aromatic carbocycles. The largest absolute Gasteiger partial charge is 0.489 e. The first-order chi connectivity index (χ1) is 11.9. The van der Waals surface area contributed by atoms with E-state index in [4.69, 9.17) is 10.5 Å². The summed E-state index contributed by atoms with van der Waals surface area (Å²) in [4.78, 5) is 0.244. The molecule has 3 rings (SSSR count). The van der Waals surface area contributed by atoms with Crippen molar-refractivity contribution in [1.29, 1.82) is 0 Å². The second-order valence-electron chi connectivity index (χ2n) is 6.67. The number of nitrogens with one attached hydrogen (secondary N) is 1. The van der Waals surface area contributed by atoms with E-state index in [-0.39, 0.29) is 11.0 Å². The molecule has 1 aliphatic heterocycles. The maximum atomic E-state index is 12.7. The molecule has 0 amide bonds. The summed E-state index contributed by atoms with van der Waals surface area (Å²) in [7, 11) is -3.63. The number of fused-ring (bicyclic) bond motifs is 1. The smallest absolute Gasteiger partial charge is 0.261 e. The van der Waals surface area contributed by atoms with Crippen molar-refractivity contribution in [3.63, 3.8) is 0 Å². The van der Waals surface area contributed by atoms with Gasteiger partial charge in [0.15, 0.2) is 0 Å². The van der Waals surface area contributed by atoms with Crippen LogP contribution in [0.5, 0.6) is 5.75 Å². The zero-order valence-corrected chi connectivity index (χ0v) is 15.3. The minimum atomic E-state index is -3.63. The highest BCUT2D eigenvalue weighted by atomic mass is 32.2. The number of hydrogen-bond donors (Lipinski definition) is 2. The Kier molecular flexibility index (Phi) is 5.01. The summed E-state index contributed by atoms with van der Waals surface area (Å²) >= 11 is 0. The Balaban J connectivity index is 1.80. The van der Waals surface area contributed by atoms with Crippen LogP contribution < -0.4 is 15.2 Å². The van der Waals surface area contributed by atoms with Gasteiger partial charge >= 0.3 is 0 Å². The van der Waals surface area contributed by atoms with Crippen LogP contribution in [0, 0.1) is 0 Å². The van der Waals surface area contributed by atoms with Crippen molar-refractivity contribution >= 4 is 15.7 Å². The number of sulfonamides is 1. The molecule has 0 saturated carbocycles. The fourth-order valence-electron chi connectivity index (χ4n) is 2.90. The number of rotatable bonds is 5. The van der Waals surface area contributed by atoms with Gasteiger partial charge in [-0.05, 0) is 60.2 Å². The molecule has 0 saturated heterocycles. The van der Waals surface area contributed by atoms with Gasteiger partial charge in [-0.3, -0.25) is 4.72 Å². The minimum Gasteiger partial charge on any atom is -0.489 e. The molecule has 1 atom stereocenters. The van der Waals surface area contributed by atoms with Gasteiger partial charge in [0, 0.05) is 12.2 Å². The van der Waals surface area contributed by atoms with E-state index in [0.29, 0.717) is 18.2 Å². The number of anilines is 1. The predicted molar refractivity (Wildman–Crippen MR) is 99.6 cm³/mol. The van der Waals surface area contributed by atoms with E-state index >= 15 is 0 Å². The van der Waals surface area contributed by atoms with Crippen LogP contribution in [-0.4, -0.2) is 21.1 Å². The highest BCUT2D eigenvalue weighted by Gasteiger charge is 2.22. The molecular weight excluding hydrogens is 336 g/mol. The second-order valence-corrected chi connectivity index (χ2v) is 8.35. The van der Waals surface area contributed by atoms with Crippen molar-refractivity contribution in [2.45, 2.75) is 43.6 Å². The third-order valence-electron chi connectivity index (χ3n) is 4.46. The molecule has 6 heteroatoms. The molecule has 0 fully saturated rings. The normalized spacial score (nSPS) is 17.0. The van der Waals surface area contributed by atoms with Crippen molar-refractivity contribution in [3.8, 4) is 5.75 Å². The van der Waals surface area contributed by atoms with Gasteiger partial charge in [-0.1, -0.05) is 26.0 Å². The third-order valence-corrected chi connectivity index (χ3v) is 5.84. The number of hydrogen-bond acceptors (Lipinski definition) is 4. The minimum absolute atomic E-state index is 0.00699. The van der Waals surface area contributed by atoms with E-state index in [1.807, 2.05) is 12.1 Å². The molecule has 1 aliphatic rings. The van der Waals surface area contributed by atoms with Gasteiger partial charge in [-0.2, -0.15) is 0 Å². The molecule has 0 radical (unpaired) electrons. The van der Waals surface area contributed by atoms with Crippen molar-refractivity contribution < 1.29 is 13.2 Å². The van der Waals surface area contributed by atoms with Gasteiger partial charge in [-0.25, -0.2) is 8.42 Å². The standard InChI is InChI=1S/C19H24N2O3S/c1-13(2)14-3-6-16(7-4-14)21-25(22,23)18-9-10-19-15(11-18)5-8-17(12-20)24-19/h3-4,6-7,9-11,13,17,21H,5,8,12,20H2,1-2H3. The van der Waals surface area contributed by atoms with Crippen molar-refractivity contribution in [2.24, 2.45) is 5.73 Å². The fraction of sp³-hybridized carbons (Fsp3) is 0.368. The fourth-order valence-corrected chi connectivity index (χ4v) is 4.01. The number of aryl methyl sites for hydroxylation is 1. The van der Waals surface area contributed by atoms with Crippen LogP contribution in [-0.2, 0) is 16.4 Å². The van der Waals surface area contributed by atoms with Gasteiger partial charge in [0.05, 0.1) is 4.90 Å². The maximum Gasteiger partial charge on any atom is 0.261 e. The average molecular weight is 360 g/mol. The summed E-state index contributed by atoms with van der Waals surface area (Å²) in [5.74, 6) is 1.13. The maximum absolute atomic E-state index is 12.7. The Bertz CT molecular complexity index is 845. The third kappa shape index (κ3) is 3.96. The lowest BCUT2D eigenvalue weighted by Gasteiger charge is -2.25. The van der Waals surface area contributed by atoms with Crippen LogP contribution in [0.1, 0.15) is 37.3 Å². The molecule has 0 spiro atoms. The SMILES string of the molecule is CC(C)c1ccc(NS(=O)(=O)c2ccc3c(c2)CCC(CN)O3)cc1. The first-order valence-corrected chi connectivity index (χ1v) is 10.00. The van der Waals surface area contributed by atoms with Crippen molar-refractivity contribution in [3.05, 3.63) is 53.6 Å². The summed E-state index contributed by atoms with van der Waals surface area (Å²) in [6, 6.07) is 12.4. The van der Waals surface area contributed by atoms with Crippen molar-refractivity contribution in [1.82, 2.24) is 0 Å². The first kappa shape index (κ1) is 17.8. The van der Waals surface area contributed by atoms with E-state index in [0.717, 1.165) is 24.2 Å². The van der Waals surface area contributed by atoms with Gasteiger partial charge in [-0.15, -0.1) is 0 Å². The summed E-state index contributed by atoms with van der Waals surface area (Å²) in [6.07, 6.45) is 1.58. The Morgan fingerprint density at radius 2 is 1.92 bits per heavy atom. The summed E-state index contributed by atoms with van der Waals surface area (Å²) in [6.45, 7) is 4.67. The Morgan fingerprint density at radius 1 is 1.20 bits per heavy atom. The Morgan fingerprint density at radius 3 is 2.56 bits per heavy atom. The monoisotopic (exact) mass is 360 g/mol. The van der Waals surface area contributed by atoms with Crippen LogP contribution >= 0.6 is 0 Å². The molecule has 5 nitrogen and oxygen atoms in total. The number of benzene rings is 2. The number of ether oxygens (including phenoxy) is 1. The van der Waals surface area contributed by atoms with Crippen LogP contribution in [0.25, 0.3) is 0 Å². The predicted octanol–water partition coefficient (Wildman–Crippen LogP) is 3.26. The number of nitrogens with two attached hydrogens (primary N) is 1. The summed E-state index contributed by atoms with van der Waals surface area (Å²) in [5, 5.41) is 0. The van der Waals surface area contributed by atoms with Gasteiger partial charge < -0.3 is 10.5 Å². The van der Waals surface area contributed by atoms with Crippen LogP contribution in [0.3, 0.4) is 0 Å². The zero-order valence-electron chi connectivity index (χ0n) is 14.5. The highest BCUT2D eigenvalue weighted by Crippen LogP contribution is 2.30. The summed E-state index contributed by atoms with van der Waals surface area (Å²) < 4.78 is 33.7. The Labute approximate surface area is 149 Å². The highest BCUT2D eigenvalue weighted by molar-refractivity contribution is 7.92. The Hall–Kier alpha value is -2.05. The van der Waals surface area contributed by atoms with Gasteiger partial charge in [0.25, 0.3) is 10.0 Å². The van der Waals surface area contributed by atoms with E-state index in [1.54, 1.807) is 30.3 Å². The van der Waals surface area contributed by atoms with Crippen molar-refractivity contribution in [2.75, 3.05) is 11.3 Å². The van der Waals surface area contributed by atoms with Crippen LogP contribution in [0.2, 0.25) is 0 Å². The topological polar surface area (TPSA) is 81.4 Å². The van der Waals surface area contributed by atoms with Gasteiger partial charge in [0.2, 0.25) is 0 Å². The molecule has 0 aliphatic carbocycles. The second kappa shape index (κ2) is 7.06. The van der Waals surface area contributed by atoms with Crippen LogP contribution in [0.15, 0.2) is 47.4 Å².